The van der Waals surface area contributed by atoms with Crippen molar-refractivity contribution in [3.63, 3.8) is 0 Å². The Morgan fingerprint density at radius 3 is 2.56 bits per heavy atom. The van der Waals surface area contributed by atoms with Crippen molar-refractivity contribution in [3.8, 4) is 5.88 Å². The Morgan fingerprint density at radius 1 is 1.12 bits per heavy atom. The lowest BCUT2D eigenvalue weighted by molar-refractivity contribution is 0.1000. The van der Waals surface area contributed by atoms with Gasteiger partial charge in [-0.2, -0.15) is 4.98 Å². The third-order valence-electron chi connectivity index (χ3n) is 5.20. The molecule has 1 saturated heterocycles. The Bertz CT molecular complexity index is 1080. The van der Waals surface area contributed by atoms with E-state index in [1.807, 2.05) is 31.2 Å². The number of hydrogen-bond donors (Lipinski definition) is 1. The number of ether oxygens (including phenoxy) is 1. The largest absolute Gasteiger partial charge is 0.472 e. The fourth-order valence-corrected chi connectivity index (χ4v) is 4.16. The number of likely N-dealkylation sites (N-methyl/N-ethyl adjacent to an activating group) is 1. The fraction of sp³-hybridized carbons (Fsp3) is 0.304. The van der Waals surface area contributed by atoms with Gasteiger partial charge in [0.2, 0.25) is 17.7 Å². The molecule has 1 aliphatic rings. The summed E-state index contributed by atoms with van der Waals surface area (Å²) < 4.78 is 6.15. The van der Waals surface area contributed by atoms with Gasteiger partial charge in [-0.15, -0.1) is 0 Å². The number of primary amides is 1. The van der Waals surface area contributed by atoms with Crippen molar-refractivity contribution in [1.29, 1.82) is 0 Å². The number of nitrogens with two attached hydrogens (primary N) is 1. The normalized spacial score (nSPS) is 14.4. The van der Waals surface area contributed by atoms with Crippen molar-refractivity contribution in [2.24, 2.45) is 5.73 Å². The zero-order valence-electron chi connectivity index (χ0n) is 18.2. The van der Waals surface area contributed by atoms with Crippen LogP contribution in [0.15, 0.2) is 58.6 Å². The highest BCUT2D eigenvalue weighted by atomic mass is 32.2. The summed E-state index contributed by atoms with van der Waals surface area (Å²) in [7, 11) is 2.12. The SMILES string of the molecule is Cc1cc(COc2nc(N3CCN(C)CC3)ncc2Sc2ccc(C(N)=O)cc2)ccn1. The van der Waals surface area contributed by atoms with Crippen molar-refractivity contribution in [2.45, 2.75) is 23.3 Å². The van der Waals surface area contributed by atoms with Crippen LogP contribution in [-0.4, -0.2) is 59.0 Å². The maximum absolute atomic E-state index is 11.3. The molecule has 2 N–H and O–H groups in total. The molecule has 0 aliphatic carbocycles. The second-order valence-electron chi connectivity index (χ2n) is 7.71. The number of carbonyl (C=O) groups excluding carboxylic acids is 1. The number of aromatic nitrogens is 3. The van der Waals surface area contributed by atoms with Crippen LogP contribution in [0, 0.1) is 6.92 Å². The first-order valence-corrected chi connectivity index (χ1v) is 11.2. The molecule has 0 saturated carbocycles. The number of anilines is 1. The monoisotopic (exact) mass is 450 g/mol. The lowest BCUT2D eigenvalue weighted by Crippen LogP contribution is -2.45. The number of carbonyl (C=O) groups is 1. The van der Waals surface area contributed by atoms with Crippen LogP contribution >= 0.6 is 11.8 Å². The Hall–Kier alpha value is -3.17. The van der Waals surface area contributed by atoms with Gasteiger partial charge >= 0.3 is 0 Å². The van der Waals surface area contributed by atoms with Gasteiger partial charge in [-0.1, -0.05) is 11.8 Å². The molecular formula is C23H26N6O2S. The minimum absolute atomic E-state index is 0.386. The Labute approximate surface area is 191 Å². The van der Waals surface area contributed by atoms with E-state index < -0.39 is 5.91 Å². The minimum atomic E-state index is -0.446. The zero-order valence-corrected chi connectivity index (χ0v) is 19.0. The van der Waals surface area contributed by atoms with E-state index >= 15 is 0 Å². The van der Waals surface area contributed by atoms with E-state index in [1.54, 1.807) is 24.5 Å². The second-order valence-corrected chi connectivity index (χ2v) is 8.83. The van der Waals surface area contributed by atoms with Gasteiger partial charge in [0.1, 0.15) is 6.61 Å². The standard InChI is InChI=1S/C23H26N6O2S/c1-16-13-17(7-8-25-16)15-31-22-20(32-19-5-3-18(4-6-19)21(24)30)14-26-23(27-22)29-11-9-28(2)10-12-29/h3-8,13-14H,9-12,15H2,1-2H3,(H2,24,30). The predicted molar refractivity (Wildman–Crippen MR) is 124 cm³/mol. The number of benzene rings is 1. The van der Waals surface area contributed by atoms with Gasteiger partial charge in [0.25, 0.3) is 0 Å². The summed E-state index contributed by atoms with van der Waals surface area (Å²) in [4.78, 5) is 31.2. The molecule has 0 radical (unpaired) electrons. The van der Waals surface area contributed by atoms with E-state index in [-0.39, 0.29) is 0 Å². The quantitative estimate of drug-likeness (QED) is 0.587. The number of hydrogen-bond acceptors (Lipinski definition) is 8. The number of piperazine rings is 1. The van der Waals surface area contributed by atoms with Crippen molar-refractivity contribution >= 4 is 23.6 Å². The molecule has 1 fully saturated rings. The molecule has 2 aromatic heterocycles. The van der Waals surface area contributed by atoms with Gasteiger partial charge in [0.05, 0.1) is 11.1 Å². The van der Waals surface area contributed by atoms with Gasteiger partial charge in [-0.25, -0.2) is 4.98 Å². The first-order valence-electron chi connectivity index (χ1n) is 10.4. The average Bonchev–Trinajstić information content (AvgIpc) is 2.79. The summed E-state index contributed by atoms with van der Waals surface area (Å²) in [5, 5.41) is 0. The van der Waals surface area contributed by atoms with Crippen molar-refractivity contribution in [2.75, 3.05) is 38.1 Å². The van der Waals surface area contributed by atoms with Crippen molar-refractivity contribution in [1.82, 2.24) is 19.9 Å². The summed E-state index contributed by atoms with van der Waals surface area (Å²) >= 11 is 1.49. The molecule has 8 nitrogen and oxygen atoms in total. The molecule has 3 aromatic rings. The number of pyridine rings is 1. The topological polar surface area (TPSA) is 97.5 Å². The molecule has 166 valence electrons. The molecule has 1 aliphatic heterocycles. The van der Waals surface area contributed by atoms with E-state index in [0.29, 0.717) is 24.0 Å². The highest BCUT2D eigenvalue weighted by Crippen LogP contribution is 2.35. The molecule has 0 bridgehead atoms. The Balaban J connectivity index is 1.57. The summed E-state index contributed by atoms with van der Waals surface area (Å²) in [5.41, 5.74) is 7.78. The molecule has 32 heavy (non-hydrogen) atoms. The third kappa shape index (κ3) is 5.54. The minimum Gasteiger partial charge on any atom is -0.472 e. The van der Waals surface area contributed by atoms with Gasteiger partial charge in [-0.05, 0) is 55.9 Å². The second kappa shape index (κ2) is 9.97. The molecule has 4 rings (SSSR count). The molecule has 1 amide bonds. The van der Waals surface area contributed by atoms with Gasteiger partial charge in [0.15, 0.2) is 0 Å². The smallest absolute Gasteiger partial charge is 0.248 e. The van der Waals surface area contributed by atoms with Crippen LogP contribution in [0.5, 0.6) is 5.88 Å². The van der Waals surface area contributed by atoms with Crippen LogP contribution in [0.1, 0.15) is 21.6 Å². The van der Waals surface area contributed by atoms with Crippen LogP contribution in [0.25, 0.3) is 0 Å². The molecule has 9 heteroatoms. The number of nitrogens with zero attached hydrogens (tertiary/aromatic N) is 5. The maximum atomic E-state index is 11.3. The highest BCUT2D eigenvalue weighted by molar-refractivity contribution is 7.99. The molecule has 0 unspecified atom stereocenters. The summed E-state index contributed by atoms with van der Waals surface area (Å²) in [5.74, 6) is 0.762. The van der Waals surface area contributed by atoms with Crippen molar-refractivity contribution < 1.29 is 9.53 Å². The van der Waals surface area contributed by atoms with E-state index in [2.05, 4.69) is 26.8 Å². The van der Waals surface area contributed by atoms with Crippen LogP contribution in [0.2, 0.25) is 0 Å². The number of aryl methyl sites for hydroxylation is 1. The number of amides is 1. The molecule has 1 aromatic carbocycles. The van der Waals surface area contributed by atoms with Gasteiger partial charge in [-0.3, -0.25) is 9.78 Å². The maximum Gasteiger partial charge on any atom is 0.248 e. The molecule has 0 atom stereocenters. The van der Waals surface area contributed by atoms with Gasteiger partial charge in [0, 0.05) is 48.5 Å². The Morgan fingerprint density at radius 2 is 1.88 bits per heavy atom. The van der Waals surface area contributed by atoms with Crippen LogP contribution < -0.4 is 15.4 Å². The van der Waals surface area contributed by atoms with Crippen LogP contribution in [0.3, 0.4) is 0 Å². The van der Waals surface area contributed by atoms with E-state index in [0.717, 1.165) is 47.2 Å². The molecule has 3 heterocycles. The van der Waals surface area contributed by atoms with Crippen molar-refractivity contribution in [3.05, 3.63) is 65.6 Å². The Kier molecular flexibility index (Phi) is 6.87. The summed E-state index contributed by atoms with van der Waals surface area (Å²) in [6.07, 6.45) is 3.58. The fourth-order valence-electron chi connectivity index (χ4n) is 3.34. The van der Waals surface area contributed by atoms with E-state index in [9.17, 15) is 4.79 Å². The first kappa shape index (κ1) is 22.0. The van der Waals surface area contributed by atoms with E-state index in [1.165, 1.54) is 11.8 Å². The van der Waals surface area contributed by atoms with Gasteiger partial charge < -0.3 is 20.3 Å². The lowest BCUT2D eigenvalue weighted by atomic mass is 10.2. The molecular weight excluding hydrogens is 424 g/mol. The summed E-state index contributed by atoms with van der Waals surface area (Å²) in [6, 6.07) is 11.1. The summed E-state index contributed by atoms with van der Waals surface area (Å²) in [6.45, 7) is 6.03. The average molecular weight is 451 g/mol. The zero-order chi connectivity index (χ0) is 22.5. The molecule has 0 spiro atoms. The highest BCUT2D eigenvalue weighted by Gasteiger charge is 2.19. The van der Waals surface area contributed by atoms with Crippen LogP contribution in [0.4, 0.5) is 5.95 Å². The third-order valence-corrected chi connectivity index (χ3v) is 6.21. The first-order chi connectivity index (χ1) is 15.5. The van der Waals surface area contributed by atoms with Crippen LogP contribution in [-0.2, 0) is 6.61 Å². The number of rotatable bonds is 7. The predicted octanol–water partition coefficient (Wildman–Crippen LogP) is 2.76. The lowest BCUT2D eigenvalue weighted by Gasteiger charge is -2.32. The van der Waals surface area contributed by atoms with E-state index in [4.69, 9.17) is 15.5 Å².